The van der Waals surface area contributed by atoms with Crippen LogP contribution in [0.1, 0.15) is 10.4 Å². The summed E-state index contributed by atoms with van der Waals surface area (Å²) in [5.74, 6) is -0.161. The Balaban J connectivity index is 2.22. The molecule has 1 aromatic rings. The molecule has 0 atom stereocenters. The van der Waals surface area contributed by atoms with Crippen LogP contribution in [0.4, 0.5) is 0 Å². The molecule has 2 rings (SSSR count). The molecule has 1 aliphatic heterocycles. The molecule has 0 saturated heterocycles. The van der Waals surface area contributed by atoms with Crippen LogP contribution < -0.4 is 0 Å². The SMILES string of the molecule is O=C(c1ccc(Cl)cc1)N1C=C(Cl)C=C(Cl)C1. The van der Waals surface area contributed by atoms with E-state index in [1.807, 2.05) is 0 Å². The summed E-state index contributed by atoms with van der Waals surface area (Å²) in [4.78, 5) is 13.6. The topological polar surface area (TPSA) is 20.3 Å². The van der Waals surface area contributed by atoms with Crippen molar-refractivity contribution in [1.29, 1.82) is 0 Å². The van der Waals surface area contributed by atoms with Gasteiger partial charge in [-0.25, -0.2) is 0 Å². The number of benzene rings is 1. The maximum absolute atomic E-state index is 12.1. The predicted octanol–water partition coefficient (Wildman–Crippen LogP) is 4.00. The summed E-state index contributed by atoms with van der Waals surface area (Å²) in [7, 11) is 0. The van der Waals surface area contributed by atoms with Crippen molar-refractivity contribution >= 4 is 40.7 Å². The average molecular weight is 289 g/mol. The van der Waals surface area contributed by atoms with E-state index in [1.54, 1.807) is 36.5 Å². The molecule has 1 aliphatic rings. The van der Waals surface area contributed by atoms with E-state index >= 15 is 0 Å². The zero-order chi connectivity index (χ0) is 12.4. The number of allylic oxidation sites excluding steroid dienone is 2. The molecule has 0 aliphatic carbocycles. The van der Waals surface area contributed by atoms with Crippen LogP contribution in [0.2, 0.25) is 5.02 Å². The summed E-state index contributed by atoms with van der Waals surface area (Å²) in [6, 6.07) is 6.67. The quantitative estimate of drug-likeness (QED) is 0.765. The molecule has 5 heteroatoms. The van der Waals surface area contributed by atoms with E-state index in [2.05, 4.69) is 0 Å². The monoisotopic (exact) mass is 287 g/mol. The lowest BCUT2D eigenvalue weighted by Crippen LogP contribution is -2.28. The zero-order valence-corrected chi connectivity index (χ0v) is 10.9. The Labute approximate surface area is 114 Å². The lowest BCUT2D eigenvalue weighted by Gasteiger charge is -2.21. The third-order valence-corrected chi connectivity index (χ3v) is 2.93. The first-order valence-electron chi connectivity index (χ1n) is 4.86. The second kappa shape index (κ2) is 5.13. The number of amides is 1. The first-order valence-corrected chi connectivity index (χ1v) is 5.99. The molecule has 17 heavy (non-hydrogen) atoms. The van der Waals surface area contributed by atoms with Gasteiger partial charge >= 0.3 is 0 Å². The first kappa shape index (κ1) is 12.5. The minimum atomic E-state index is -0.161. The van der Waals surface area contributed by atoms with E-state index in [0.717, 1.165) is 0 Å². The molecule has 1 aromatic carbocycles. The Hall–Kier alpha value is -0.960. The third-order valence-electron chi connectivity index (χ3n) is 2.25. The van der Waals surface area contributed by atoms with Crippen molar-refractivity contribution in [1.82, 2.24) is 4.90 Å². The number of hydrogen-bond donors (Lipinski definition) is 0. The Bertz CT molecular complexity index is 505. The summed E-state index contributed by atoms with van der Waals surface area (Å²) < 4.78 is 0. The Morgan fingerprint density at radius 2 is 1.76 bits per heavy atom. The molecule has 88 valence electrons. The molecule has 0 saturated carbocycles. The number of halogens is 3. The number of rotatable bonds is 1. The van der Waals surface area contributed by atoms with Gasteiger partial charge in [0.05, 0.1) is 11.6 Å². The highest BCUT2D eigenvalue weighted by Gasteiger charge is 2.18. The molecule has 1 amide bonds. The third kappa shape index (κ3) is 3.03. The highest BCUT2D eigenvalue weighted by atomic mass is 35.5. The van der Waals surface area contributed by atoms with Crippen LogP contribution >= 0.6 is 34.8 Å². The largest absolute Gasteiger partial charge is 0.308 e. The molecule has 1 heterocycles. The number of carbonyl (C=O) groups excluding carboxylic acids is 1. The average Bonchev–Trinajstić information content (AvgIpc) is 2.28. The van der Waals surface area contributed by atoms with Gasteiger partial charge in [-0.3, -0.25) is 4.79 Å². The van der Waals surface area contributed by atoms with Crippen molar-refractivity contribution in [2.75, 3.05) is 6.54 Å². The van der Waals surface area contributed by atoms with Crippen molar-refractivity contribution < 1.29 is 4.79 Å². The van der Waals surface area contributed by atoms with Gasteiger partial charge in [0.1, 0.15) is 0 Å². The molecule has 2 nitrogen and oxygen atoms in total. The van der Waals surface area contributed by atoms with Gasteiger partial charge in [0, 0.05) is 21.8 Å². The summed E-state index contributed by atoms with van der Waals surface area (Å²) in [6.07, 6.45) is 3.18. The Morgan fingerprint density at radius 3 is 2.35 bits per heavy atom. The molecule has 0 aromatic heterocycles. The zero-order valence-electron chi connectivity index (χ0n) is 8.66. The number of hydrogen-bond acceptors (Lipinski definition) is 1. The van der Waals surface area contributed by atoms with Crippen LogP contribution in [-0.4, -0.2) is 17.4 Å². The van der Waals surface area contributed by atoms with Crippen LogP contribution in [0.5, 0.6) is 0 Å². The summed E-state index contributed by atoms with van der Waals surface area (Å²) in [5, 5.41) is 1.55. The Morgan fingerprint density at radius 1 is 1.12 bits per heavy atom. The van der Waals surface area contributed by atoms with Gasteiger partial charge in [-0.15, -0.1) is 0 Å². The van der Waals surface area contributed by atoms with Crippen molar-refractivity contribution in [3.05, 3.63) is 57.2 Å². The standard InChI is InChI=1S/C12H8Cl3NO/c13-9-3-1-8(2-4-9)12(17)16-6-10(14)5-11(15)7-16/h1-6H,7H2. The molecule has 0 spiro atoms. The summed E-state index contributed by atoms with van der Waals surface area (Å²) >= 11 is 17.5. The van der Waals surface area contributed by atoms with Gasteiger partial charge in [0.2, 0.25) is 0 Å². The van der Waals surface area contributed by atoms with Crippen LogP contribution in [0.15, 0.2) is 46.6 Å². The minimum absolute atomic E-state index is 0.161. The van der Waals surface area contributed by atoms with Gasteiger partial charge in [-0.05, 0) is 30.3 Å². The van der Waals surface area contributed by atoms with Gasteiger partial charge < -0.3 is 4.90 Å². The maximum Gasteiger partial charge on any atom is 0.258 e. The highest BCUT2D eigenvalue weighted by molar-refractivity contribution is 6.35. The second-order valence-corrected chi connectivity index (χ2v) is 4.90. The van der Waals surface area contributed by atoms with E-state index in [0.29, 0.717) is 27.2 Å². The van der Waals surface area contributed by atoms with Gasteiger partial charge in [-0.1, -0.05) is 34.8 Å². The fourth-order valence-corrected chi connectivity index (χ4v) is 2.16. The van der Waals surface area contributed by atoms with Crippen LogP contribution in [0.25, 0.3) is 0 Å². The molecule has 0 unspecified atom stereocenters. The van der Waals surface area contributed by atoms with E-state index in [9.17, 15) is 4.79 Å². The van der Waals surface area contributed by atoms with Crippen molar-refractivity contribution in [3.8, 4) is 0 Å². The molecule has 0 N–H and O–H groups in total. The van der Waals surface area contributed by atoms with E-state index < -0.39 is 0 Å². The highest BCUT2D eigenvalue weighted by Crippen LogP contribution is 2.21. The molecular formula is C12H8Cl3NO. The fourth-order valence-electron chi connectivity index (χ4n) is 1.48. The van der Waals surface area contributed by atoms with E-state index in [4.69, 9.17) is 34.8 Å². The second-order valence-electron chi connectivity index (χ2n) is 3.55. The molecule has 0 bridgehead atoms. The van der Waals surface area contributed by atoms with Crippen molar-refractivity contribution in [2.24, 2.45) is 0 Å². The van der Waals surface area contributed by atoms with E-state index in [1.165, 1.54) is 4.90 Å². The molecule has 0 radical (unpaired) electrons. The fraction of sp³-hybridized carbons (Fsp3) is 0.0833. The van der Waals surface area contributed by atoms with E-state index in [-0.39, 0.29) is 5.91 Å². The van der Waals surface area contributed by atoms with Crippen molar-refractivity contribution in [3.63, 3.8) is 0 Å². The van der Waals surface area contributed by atoms with Crippen LogP contribution in [-0.2, 0) is 0 Å². The molecular weight excluding hydrogens is 280 g/mol. The predicted molar refractivity (Wildman–Crippen MR) is 70.4 cm³/mol. The van der Waals surface area contributed by atoms with Gasteiger partial charge in [0.15, 0.2) is 0 Å². The van der Waals surface area contributed by atoms with Crippen LogP contribution in [0.3, 0.4) is 0 Å². The first-order chi connectivity index (χ1) is 8.06. The lowest BCUT2D eigenvalue weighted by molar-refractivity contribution is 0.0832. The smallest absolute Gasteiger partial charge is 0.258 e. The normalized spacial score (nSPS) is 15.4. The number of nitrogens with zero attached hydrogens (tertiary/aromatic N) is 1. The minimum Gasteiger partial charge on any atom is -0.308 e. The van der Waals surface area contributed by atoms with Crippen LogP contribution in [0, 0.1) is 0 Å². The molecule has 0 fully saturated rings. The van der Waals surface area contributed by atoms with Gasteiger partial charge in [-0.2, -0.15) is 0 Å². The lowest BCUT2D eigenvalue weighted by atomic mass is 10.2. The maximum atomic E-state index is 12.1. The summed E-state index contributed by atoms with van der Waals surface area (Å²) in [6.45, 7) is 0.333. The summed E-state index contributed by atoms with van der Waals surface area (Å²) in [5.41, 5.74) is 0.543. The Kier molecular flexibility index (Phi) is 3.77. The van der Waals surface area contributed by atoms with Crippen molar-refractivity contribution in [2.45, 2.75) is 0 Å². The van der Waals surface area contributed by atoms with Gasteiger partial charge in [0.25, 0.3) is 5.91 Å². The number of carbonyl (C=O) groups is 1.